The molecule has 1 saturated heterocycles. The van der Waals surface area contributed by atoms with Crippen molar-refractivity contribution in [3.63, 3.8) is 0 Å². The maximum Gasteiger partial charge on any atom is 0.251 e. The number of carbonyl (C=O) groups is 1. The number of carbonyl (C=O) groups excluding carboxylic acids is 1. The monoisotopic (exact) mass is 601 g/mol. The molecule has 200 valence electrons. The van der Waals surface area contributed by atoms with E-state index in [0.29, 0.717) is 23.8 Å². The van der Waals surface area contributed by atoms with Crippen LogP contribution >= 0.6 is 40.7 Å². The maximum absolute atomic E-state index is 12.4. The summed E-state index contributed by atoms with van der Waals surface area (Å²) >= 11 is 3.40. The van der Waals surface area contributed by atoms with Gasteiger partial charge in [-0.25, -0.2) is 0 Å². The quantitative estimate of drug-likeness (QED) is 0.407. The van der Waals surface area contributed by atoms with E-state index in [1.54, 1.807) is 0 Å². The lowest BCUT2D eigenvalue weighted by molar-refractivity contribution is -0.0647. The number of piperidine rings is 1. The highest BCUT2D eigenvalue weighted by atomic mass is 79.9. The highest BCUT2D eigenvalue weighted by Gasteiger charge is 2.35. The number of ether oxygens (including phenoxy) is 1. The smallest absolute Gasteiger partial charge is 0.251 e. The first-order valence-electron chi connectivity index (χ1n) is 12.3. The van der Waals surface area contributed by atoms with Gasteiger partial charge in [0.25, 0.3) is 5.91 Å². The van der Waals surface area contributed by atoms with Gasteiger partial charge in [0.1, 0.15) is 5.75 Å². The predicted octanol–water partition coefficient (Wildman–Crippen LogP) is 5.17. The van der Waals surface area contributed by atoms with E-state index in [1.165, 1.54) is 0 Å². The number of aromatic hydroxyl groups is 1. The Balaban J connectivity index is 0.00000228. The van der Waals surface area contributed by atoms with Crippen LogP contribution in [-0.4, -0.2) is 54.2 Å². The number of halogens is 3. The Kier molecular flexibility index (Phi) is 12.0. The molecular formula is C27H38BrCl2N3O3. The van der Waals surface area contributed by atoms with Crippen LogP contribution in [0.5, 0.6) is 5.75 Å². The number of nitrogens with one attached hydrogen (secondary N) is 1. The number of nitrogens with two attached hydrogens (primary N) is 1. The molecule has 0 saturated carbocycles. The number of likely N-dealkylation sites (tertiary alicyclic amines) is 1. The molecule has 4 N–H and O–H groups in total. The predicted molar refractivity (Wildman–Crippen MR) is 153 cm³/mol. The minimum atomic E-state index is -0.145. The van der Waals surface area contributed by atoms with Crippen molar-refractivity contribution in [1.82, 2.24) is 10.2 Å². The van der Waals surface area contributed by atoms with Crippen molar-refractivity contribution in [2.24, 2.45) is 11.7 Å². The molecule has 9 heteroatoms. The van der Waals surface area contributed by atoms with E-state index in [0.717, 1.165) is 66.5 Å². The van der Waals surface area contributed by atoms with E-state index in [4.69, 9.17) is 10.5 Å². The van der Waals surface area contributed by atoms with Crippen LogP contribution in [0.3, 0.4) is 0 Å². The molecule has 4 rings (SSSR count). The van der Waals surface area contributed by atoms with Gasteiger partial charge in [-0.3, -0.25) is 4.79 Å². The number of hydrogen-bond acceptors (Lipinski definition) is 5. The van der Waals surface area contributed by atoms with Crippen LogP contribution in [-0.2, 0) is 11.2 Å². The number of hydrogen-bond donors (Lipinski definition) is 3. The van der Waals surface area contributed by atoms with E-state index in [2.05, 4.69) is 39.1 Å². The molecule has 1 fully saturated rings. The van der Waals surface area contributed by atoms with Crippen LogP contribution < -0.4 is 11.1 Å². The Hall–Kier alpha value is -1.35. The molecule has 2 heterocycles. The second-order valence-electron chi connectivity index (χ2n) is 9.75. The average molecular weight is 603 g/mol. The van der Waals surface area contributed by atoms with Gasteiger partial charge in [-0.1, -0.05) is 28.1 Å². The number of aryl methyl sites for hydroxylation is 1. The molecule has 1 amide bonds. The number of rotatable bonds is 7. The lowest BCUT2D eigenvalue weighted by Gasteiger charge is -2.40. The molecule has 6 nitrogen and oxygen atoms in total. The molecule has 2 aliphatic rings. The number of benzene rings is 2. The molecule has 0 bridgehead atoms. The Morgan fingerprint density at radius 1 is 1.19 bits per heavy atom. The van der Waals surface area contributed by atoms with E-state index in [1.807, 2.05) is 37.3 Å². The minimum Gasteiger partial charge on any atom is -0.507 e. The zero-order chi connectivity index (χ0) is 24.2. The van der Waals surface area contributed by atoms with E-state index < -0.39 is 0 Å². The normalized spacial score (nSPS) is 21.0. The lowest BCUT2D eigenvalue weighted by atomic mass is 9.83. The summed E-state index contributed by atoms with van der Waals surface area (Å²) in [5, 5.41) is 13.8. The van der Waals surface area contributed by atoms with Crippen LogP contribution in [0.4, 0.5) is 0 Å². The first-order valence-corrected chi connectivity index (χ1v) is 13.1. The summed E-state index contributed by atoms with van der Waals surface area (Å²) in [5.41, 5.74) is 9.67. The van der Waals surface area contributed by atoms with Crippen molar-refractivity contribution < 1.29 is 14.6 Å². The van der Waals surface area contributed by atoms with Crippen molar-refractivity contribution >= 4 is 46.7 Å². The third kappa shape index (κ3) is 7.36. The van der Waals surface area contributed by atoms with Gasteiger partial charge in [-0.05, 0) is 87.5 Å². The SMILES string of the molecule is Cc1ccc2c(c1O)C[C@@H](C1CCN(CCC(C)NC(=O)c3ccc(Br)cc3)CC1)O[C@H]2CN.Cl.Cl. The zero-order valence-corrected chi connectivity index (χ0v) is 24.1. The minimum absolute atomic E-state index is 0. The van der Waals surface area contributed by atoms with Crippen LogP contribution in [0.25, 0.3) is 0 Å². The van der Waals surface area contributed by atoms with Crippen LogP contribution in [0.15, 0.2) is 40.9 Å². The molecule has 0 radical (unpaired) electrons. The first-order chi connectivity index (χ1) is 16.4. The number of phenols is 1. The van der Waals surface area contributed by atoms with Gasteiger partial charge in [0.05, 0.1) is 12.2 Å². The van der Waals surface area contributed by atoms with Crippen LogP contribution in [0, 0.1) is 12.8 Å². The van der Waals surface area contributed by atoms with E-state index >= 15 is 0 Å². The summed E-state index contributed by atoms with van der Waals surface area (Å²) < 4.78 is 7.38. The van der Waals surface area contributed by atoms with Crippen LogP contribution in [0.1, 0.15) is 59.3 Å². The summed E-state index contributed by atoms with van der Waals surface area (Å²) in [5.74, 6) is 0.843. The number of fused-ring (bicyclic) bond motifs is 1. The molecular weight excluding hydrogens is 565 g/mol. The zero-order valence-electron chi connectivity index (χ0n) is 20.9. The Bertz CT molecular complexity index is 1000. The average Bonchev–Trinajstić information content (AvgIpc) is 2.85. The standard InChI is InChI=1S/C27H36BrN3O3.2ClH/c1-17-3-8-22-23(26(17)32)15-24(34-25(22)16-29)19-10-13-31(14-11-19)12-9-18(2)30-27(33)20-4-6-21(28)7-5-20;;/h3-8,18-19,24-25,32H,9-16,29H2,1-2H3,(H,30,33);2*1H/t18?,24-,25-;;/m0../s1. The molecule has 2 aliphatic heterocycles. The Morgan fingerprint density at radius 2 is 1.86 bits per heavy atom. The Morgan fingerprint density at radius 3 is 2.50 bits per heavy atom. The molecule has 1 unspecified atom stereocenters. The maximum atomic E-state index is 12.4. The van der Waals surface area contributed by atoms with Crippen molar-refractivity contribution in [2.45, 2.75) is 57.8 Å². The van der Waals surface area contributed by atoms with Gasteiger partial charge in [0.2, 0.25) is 0 Å². The fourth-order valence-electron chi connectivity index (χ4n) is 5.18. The van der Waals surface area contributed by atoms with Gasteiger partial charge in [-0.2, -0.15) is 0 Å². The van der Waals surface area contributed by atoms with Gasteiger partial charge < -0.3 is 25.8 Å². The van der Waals surface area contributed by atoms with Gasteiger partial charge >= 0.3 is 0 Å². The first kappa shape index (κ1) is 30.9. The number of nitrogens with zero attached hydrogens (tertiary/aromatic N) is 1. The molecule has 36 heavy (non-hydrogen) atoms. The summed E-state index contributed by atoms with van der Waals surface area (Å²) in [6.45, 7) is 7.45. The summed E-state index contributed by atoms with van der Waals surface area (Å²) in [6.07, 6.45) is 3.77. The van der Waals surface area contributed by atoms with Gasteiger partial charge in [0.15, 0.2) is 0 Å². The highest BCUT2D eigenvalue weighted by Crippen LogP contribution is 2.40. The third-order valence-corrected chi connectivity index (χ3v) is 7.87. The lowest BCUT2D eigenvalue weighted by Crippen LogP contribution is -2.43. The topological polar surface area (TPSA) is 87.8 Å². The summed E-state index contributed by atoms with van der Waals surface area (Å²) in [7, 11) is 0. The van der Waals surface area contributed by atoms with Gasteiger partial charge in [0, 0.05) is 41.2 Å². The largest absolute Gasteiger partial charge is 0.507 e. The summed E-state index contributed by atoms with van der Waals surface area (Å²) in [6, 6.07) is 11.5. The second-order valence-corrected chi connectivity index (χ2v) is 10.7. The highest BCUT2D eigenvalue weighted by molar-refractivity contribution is 9.10. The van der Waals surface area contributed by atoms with Crippen molar-refractivity contribution in [2.75, 3.05) is 26.2 Å². The fourth-order valence-corrected chi connectivity index (χ4v) is 5.45. The van der Waals surface area contributed by atoms with Crippen LogP contribution in [0.2, 0.25) is 0 Å². The van der Waals surface area contributed by atoms with E-state index in [9.17, 15) is 9.90 Å². The Labute approximate surface area is 235 Å². The fraction of sp³-hybridized carbons (Fsp3) is 0.519. The molecule has 2 aromatic rings. The second kappa shape index (κ2) is 14.0. The summed E-state index contributed by atoms with van der Waals surface area (Å²) in [4.78, 5) is 14.9. The molecule has 3 atom stereocenters. The van der Waals surface area contributed by atoms with E-state index in [-0.39, 0.29) is 49.0 Å². The van der Waals surface area contributed by atoms with Crippen molar-refractivity contribution in [1.29, 1.82) is 0 Å². The molecule has 0 spiro atoms. The third-order valence-electron chi connectivity index (χ3n) is 7.35. The van der Waals surface area contributed by atoms with Crippen molar-refractivity contribution in [3.05, 3.63) is 63.1 Å². The molecule has 0 aliphatic carbocycles. The number of amides is 1. The molecule has 0 aromatic heterocycles. The number of phenolic OH excluding ortho intramolecular Hbond substituents is 1. The van der Waals surface area contributed by atoms with Gasteiger partial charge in [-0.15, -0.1) is 24.8 Å². The van der Waals surface area contributed by atoms with Crippen molar-refractivity contribution in [3.8, 4) is 5.75 Å². The molecule has 2 aromatic carbocycles.